The summed E-state index contributed by atoms with van der Waals surface area (Å²) in [6.45, 7) is 3.58. The third kappa shape index (κ3) is 2.90. The van der Waals surface area contributed by atoms with E-state index >= 15 is 0 Å². The largest absolute Gasteiger partial charge is 0.447 e. The van der Waals surface area contributed by atoms with Crippen LogP contribution in [-0.4, -0.2) is 49.0 Å². The van der Waals surface area contributed by atoms with Gasteiger partial charge in [0, 0.05) is 18.8 Å². The number of ether oxygens (including phenoxy) is 2. The first kappa shape index (κ1) is 16.1. The van der Waals surface area contributed by atoms with E-state index in [1.807, 2.05) is 24.3 Å². The number of cyclic esters (lactones) is 1. The number of H-pyrrole nitrogens is 1. The Labute approximate surface area is 156 Å². The van der Waals surface area contributed by atoms with E-state index in [0.29, 0.717) is 6.61 Å². The van der Waals surface area contributed by atoms with Crippen molar-refractivity contribution in [1.82, 2.24) is 9.97 Å². The molecule has 0 bridgehead atoms. The molecule has 1 unspecified atom stereocenters. The van der Waals surface area contributed by atoms with E-state index in [4.69, 9.17) is 9.47 Å². The molecular weight excluding hydrogens is 344 g/mol. The van der Waals surface area contributed by atoms with Crippen LogP contribution in [0.4, 0.5) is 16.2 Å². The Hall–Kier alpha value is -3.06. The molecule has 0 spiro atoms. The number of nitrogens with zero attached hydrogens (tertiary/aromatic N) is 3. The Morgan fingerprint density at radius 3 is 2.85 bits per heavy atom. The molecule has 7 nitrogen and oxygen atoms in total. The van der Waals surface area contributed by atoms with E-state index in [1.165, 1.54) is 0 Å². The number of anilines is 2. The lowest BCUT2D eigenvalue weighted by Crippen LogP contribution is -2.36. The molecule has 2 aliphatic heterocycles. The molecule has 3 heterocycles. The number of carbonyl (C=O) groups excluding carboxylic acids is 1. The first-order valence-corrected chi connectivity index (χ1v) is 9.11. The predicted octanol–water partition coefficient (Wildman–Crippen LogP) is 3.10. The van der Waals surface area contributed by atoms with Crippen molar-refractivity contribution in [2.75, 3.05) is 42.7 Å². The fraction of sp³-hybridized carbons (Fsp3) is 0.300. The molecule has 2 fully saturated rings. The number of rotatable bonds is 3. The number of amides is 1. The van der Waals surface area contributed by atoms with Gasteiger partial charge in [0.15, 0.2) is 0 Å². The SMILES string of the molecule is O=C1OCC(c2cccc(N3CCOCC3)c2)N1c1ccc2[nH]cnc2c1. The second kappa shape index (κ2) is 6.59. The lowest BCUT2D eigenvalue weighted by Gasteiger charge is -2.30. The van der Waals surface area contributed by atoms with Gasteiger partial charge in [-0.15, -0.1) is 0 Å². The average Bonchev–Trinajstić information content (AvgIpc) is 3.34. The fourth-order valence-corrected chi connectivity index (χ4v) is 3.77. The Morgan fingerprint density at radius 1 is 1.07 bits per heavy atom. The first-order chi connectivity index (χ1) is 13.3. The normalized spacial score (nSPS) is 20.3. The van der Waals surface area contributed by atoms with Gasteiger partial charge in [-0.05, 0) is 35.9 Å². The predicted molar refractivity (Wildman–Crippen MR) is 102 cm³/mol. The Kier molecular flexibility index (Phi) is 3.94. The lowest BCUT2D eigenvalue weighted by molar-refractivity contribution is 0.122. The van der Waals surface area contributed by atoms with Crippen molar-refractivity contribution < 1.29 is 14.3 Å². The smallest absolute Gasteiger partial charge is 0.415 e. The van der Waals surface area contributed by atoms with Crippen LogP contribution in [0.5, 0.6) is 0 Å². The highest BCUT2D eigenvalue weighted by atomic mass is 16.6. The maximum Gasteiger partial charge on any atom is 0.415 e. The molecule has 27 heavy (non-hydrogen) atoms. The number of aromatic nitrogens is 2. The van der Waals surface area contributed by atoms with Crippen molar-refractivity contribution in [2.45, 2.75) is 6.04 Å². The van der Waals surface area contributed by atoms with Crippen molar-refractivity contribution in [3.8, 4) is 0 Å². The molecule has 2 aliphatic rings. The number of nitrogens with one attached hydrogen (secondary N) is 1. The van der Waals surface area contributed by atoms with Crippen molar-refractivity contribution in [1.29, 1.82) is 0 Å². The number of hydrogen-bond acceptors (Lipinski definition) is 5. The first-order valence-electron chi connectivity index (χ1n) is 9.11. The second-order valence-corrected chi connectivity index (χ2v) is 6.76. The van der Waals surface area contributed by atoms with Crippen LogP contribution in [0.15, 0.2) is 48.8 Å². The maximum absolute atomic E-state index is 12.5. The highest BCUT2D eigenvalue weighted by Crippen LogP contribution is 2.35. The van der Waals surface area contributed by atoms with Gasteiger partial charge in [-0.25, -0.2) is 9.78 Å². The molecule has 7 heteroatoms. The molecular formula is C20H20N4O3. The molecule has 2 aromatic carbocycles. The van der Waals surface area contributed by atoms with Gasteiger partial charge in [0.05, 0.1) is 42.3 Å². The summed E-state index contributed by atoms with van der Waals surface area (Å²) in [5, 5.41) is 0. The van der Waals surface area contributed by atoms with Gasteiger partial charge in [0.25, 0.3) is 0 Å². The van der Waals surface area contributed by atoms with Crippen LogP contribution in [0.3, 0.4) is 0 Å². The summed E-state index contributed by atoms with van der Waals surface area (Å²) in [4.78, 5) is 23.9. The minimum atomic E-state index is -0.327. The van der Waals surface area contributed by atoms with Crippen molar-refractivity contribution >= 4 is 28.5 Å². The number of imidazole rings is 1. The number of aromatic amines is 1. The van der Waals surface area contributed by atoms with Crippen LogP contribution in [0.1, 0.15) is 11.6 Å². The van der Waals surface area contributed by atoms with E-state index in [1.54, 1.807) is 11.2 Å². The fourth-order valence-electron chi connectivity index (χ4n) is 3.77. The molecule has 1 aromatic heterocycles. The van der Waals surface area contributed by atoms with Crippen LogP contribution >= 0.6 is 0 Å². The van der Waals surface area contributed by atoms with Gasteiger partial charge in [0.1, 0.15) is 6.61 Å². The Bertz CT molecular complexity index is 980. The Morgan fingerprint density at radius 2 is 1.96 bits per heavy atom. The molecule has 0 aliphatic carbocycles. The summed E-state index contributed by atoms with van der Waals surface area (Å²) in [5.41, 5.74) is 4.77. The van der Waals surface area contributed by atoms with Gasteiger partial charge in [-0.3, -0.25) is 4.90 Å². The number of carbonyl (C=O) groups is 1. The topological polar surface area (TPSA) is 70.7 Å². The summed E-state index contributed by atoms with van der Waals surface area (Å²) in [7, 11) is 0. The third-order valence-electron chi connectivity index (χ3n) is 5.19. The maximum atomic E-state index is 12.5. The summed E-state index contributed by atoms with van der Waals surface area (Å²) in [6, 6.07) is 14.0. The summed E-state index contributed by atoms with van der Waals surface area (Å²) in [6.07, 6.45) is 1.33. The van der Waals surface area contributed by atoms with Crippen molar-refractivity contribution in [3.05, 3.63) is 54.4 Å². The number of benzene rings is 2. The highest BCUT2D eigenvalue weighted by molar-refractivity contribution is 5.93. The van der Waals surface area contributed by atoms with E-state index < -0.39 is 0 Å². The van der Waals surface area contributed by atoms with Crippen LogP contribution in [0.2, 0.25) is 0 Å². The monoisotopic (exact) mass is 364 g/mol. The van der Waals surface area contributed by atoms with Gasteiger partial charge in [-0.1, -0.05) is 12.1 Å². The second-order valence-electron chi connectivity index (χ2n) is 6.76. The number of hydrogen-bond donors (Lipinski definition) is 1. The van der Waals surface area contributed by atoms with Gasteiger partial charge >= 0.3 is 6.09 Å². The van der Waals surface area contributed by atoms with E-state index in [-0.39, 0.29) is 12.1 Å². The number of fused-ring (bicyclic) bond motifs is 1. The standard InChI is InChI=1S/C20H20N4O3/c25-20-24(16-4-5-17-18(11-16)22-13-21-17)19(12-27-20)14-2-1-3-15(10-14)23-6-8-26-9-7-23/h1-5,10-11,13,19H,6-9,12H2,(H,21,22). The van der Waals surface area contributed by atoms with Crippen molar-refractivity contribution in [2.24, 2.45) is 0 Å². The average molecular weight is 364 g/mol. The van der Waals surface area contributed by atoms with Gasteiger partial charge in [-0.2, -0.15) is 0 Å². The van der Waals surface area contributed by atoms with Crippen molar-refractivity contribution in [3.63, 3.8) is 0 Å². The Balaban J connectivity index is 1.48. The summed E-state index contributed by atoms with van der Waals surface area (Å²) >= 11 is 0. The minimum absolute atomic E-state index is 0.158. The minimum Gasteiger partial charge on any atom is -0.447 e. The molecule has 3 aromatic rings. The number of morpholine rings is 1. The molecule has 138 valence electrons. The van der Waals surface area contributed by atoms with E-state index in [2.05, 4.69) is 33.1 Å². The molecule has 1 N–H and O–H groups in total. The zero-order valence-corrected chi connectivity index (χ0v) is 14.8. The van der Waals surface area contributed by atoms with E-state index in [9.17, 15) is 4.79 Å². The van der Waals surface area contributed by atoms with Crippen LogP contribution in [-0.2, 0) is 9.47 Å². The van der Waals surface area contributed by atoms with Gasteiger partial charge < -0.3 is 19.4 Å². The molecule has 2 saturated heterocycles. The van der Waals surface area contributed by atoms with Crippen LogP contribution < -0.4 is 9.80 Å². The zero-order valence-electron chi connectivity index (χ0n) is 14.8. The molecule has 5 rings (SSSR count). The summed E-state index contributed by atoms with van der Waals surface area (Å²) in [5.74, 6) is 0. The van der Waals surface area contributed by atoms with Crippen LogP contribution in [0.25, 0.3) is 11.0 Å². The zero-order chi connectivity index (χ0) is 18.2. The quantitative estimate of drug-likeness (QED) is 0.773. The molecule has 0 saturated carbocycles. The summed E-state index contributed by atoms with van der Waals surface area (Å²) < 4.78 is 10.8. The van der Waals surface area contributed by atoms with Crippen LogP contribution in [0, 0.1) is 0 Å². The molecule has 0 radical (unpaired) electrons. The third-order valence-corrected chi connectivity index (χ3v) is 5.19. The van der Waals surface area contributed by atoms with E-state index in [0.717, 1.165) is 54.3 Å². The highest BCUT2D eigenvalue weighted by Gasteiger charge is 2.35. The van der Waals surface area contributed by atoms with Gasteiger partial charge in [0.2, 0.25) is 0 Å². The lowest BCUT2D eigenvalue weighted by atomic mass is 10.0. The molecule has 1 atom stereocenters. The molecule has 1 amide bonds.